The van der Waals surface area contributed by atoms with E-state index in [1.807, 2.05) is 0 Å². The van der Waals surface area contributed by atoms with E-state index in [9.17, 15) is 14.4 Å². The normalized spacial score (nSPS) is 14.1. The fraction of sp³-hybridized carbons (Fsp3) is 0.385. The van der Waals surface area contributed by atoms with Gasteiger partial charge in [-0.1, -0.05) is 124 Å². The van der Waals surface area contributed by atoms with Gasteiger partial charge in [0.25, 0.3) is 17.7 Å². The first-order valence-electron chi connectivity index (χ1n) is 17.4. The van der Waals surface area contributed by atoms with E-state index < -0.39 is 23.0 Å². The number of nitrogens with one attached hydrogen (secondary N) is 2. The van der Waals surface area contributed by atoms with Gasteiger partial charge in [0.05, 0.1) is 20.6 Å². The summed E-state index contributed by atoms with van der Waals surface area (Å²) < 4.78 is 0. The van der Waals surface area contributed by atoms with Gasteiger partial charge in [-0.3, -0.25) is 14.4 Å². The number of carbonyl (C=O) groups excluding carboxylic acids is 3. The lowest BCUT2D eigenvalue weighted by molar-refractivity contribution is -0.116. The van der Waals surface area contributed by atoms with Crippen molar-refractivity contribution < 1.29 is 14.4 Å². The Morgan fingerprint density at radius 2 is 1.47 bits per heavy atom. The molecule has 3 aromatic rings. The standard InChI is InChI=1S/C39H44Cl4N4O3S/c1-5-7-9-10-11-13-15-26-17-16-25(14-12-8-6-2)20-33(26)51-35-36(46-47(39(35)50)34-31(42)21-27(40)22-32(34)43)45-38(49)29-23-28(18-19-30(29)41)44-37(48)24(3)4/h16-23,35H,3,5-15H2,1-2,4H3,(H,44,48)(H,45,46,49). The van der Waals surface area contributed by atoms with Gasteiger partial charge in [-0.2, -0.15) is 5.01 Å². The van der Waals surface area contributed by atoms with Crippen LogP contribution >= 0.6 is 58.2 Å². The van der Waals surface area contributed by atoms with Crippen molar-refractivity contribution >= 4 is 93.1 Å². The molecule has 272 valence electrons. The molecule has 0 aromatic heterocycles. The monoisotopic (exact) mass is 788 g/mol. The fourth-order valence-corrected chi connectivity index (χ4v) is 8.00. The molecule has 0 spiro atoms. The van der Waals surface area contributed by atoms with Crippen LogP contribution in [0.1, 0.15) is 100 Å². The van der Waals surface area contributed by atoms with E-state index in [0.29, 0.717) is 16.3 Å². The maximum absolute atomic E-state index is 14.3. The van der Waals surface area contributed by atoms with Crippen molar-refractivity contribution in [3.05, 3.63) is 97.5 Å². The number of amidine groups is 1. The van der Waals surface area contributed by atoms with E-state index >= 15 is 0 Å². The van der Waals surface area contributed by atoms with E-state index in [1.54, 1.807) is 13.0 Å². The van der Waals surface area contributed by atoms with Gasteiger partial charge in [0.1, 0.15) is 5.69 Å². The predicted molar refractivity (Wildman–Crippen MR) is 215 cm³/mol. The highest BCUT2D eigenvalue weighted by atomic mass is 35.5. The average molecular weight is 791 g/mol. The Hall–Kier alpha value is -3.01. The van der Waals surface area contributed by atoms with Crippen molar-refractivity contribution in [3.63, 3.8) is 0 Å². The van der Waals surface area contributed by atoms with Crippen LogP contribution in [0.5, 0.6) is 0 Å². The van der Waals surface area contributed by atoms with E-state index in [4.69, 9.17) is 46.4 Å². The van der Waals surface area contributed by atoms with Crippen molar-refractivity contribution in [3.8, 4) is 0 Å². The molecule has 3 aromatic carbocycles. The smallest absolute Gasteiger partial charge is 0.268 e. The molecule has 1 heterocycles. The summed E-state index contributed by atoms with van der Waals surface area (Å²) in [5, 5.41) is 11.0. The molecule has 12 heteroatoms. The summed E-state index contributed by atoms with van der Waals surface area (Å²) in [5.41, 5.74) is 3.22. The molecule has 0 saturated heterocycles. The highest BCUT2D eigenvalue weighted by molar-refractivity contribution is 8.01. The fourth-order valence-electron chi connectivity index (χ4n) is 5.60. The van der Waals surface area contributed by atoms with Crippen LogP contribution in [0.3, 0.4) is 0 Å². The lowest BCUT2D eigenvalue weighted by Crippen LogP contribution is -2.39. The number of nitrogens with zero attached hydrogens (tertiary/aromatic N) is 2. The molecule has 0 aliphatic carbocycles. The van der Waals surface area contributed by atoms with E-state index in [1.165, 1.54) is 67.3 Å². The number of hydrazone groups is 1. The Labute approximate surface area is 325 Å². The topological polar surface area (TPSA) is 90.9 Å². The molecule has 0 saturated carbocycles. The zero-order chi connectivity index (χ0) is 37.1. The molecule has 0 radical (unpaired) electrons. The summed E-state index contributed by atoms with van der Waals surface area (Å²) >= 11 is 27.1. The van der Waals surface area contributed by atoms with Crippen LogP contribution in [0.2, 0.25) is 20.1 Å². The summed E-state index contributed by atoms with van der Waals surface area (Å²) in [6.07, 6.45) is 12.1. The Morgan fingerprint density at radius 1 is 0.824 bits per heavy atom. The van der Waals surface area contributed by atoms with Crippen LogP contribution in [0.15, 0.2) is 70.7 Å². The third-order valence-electron chi connectivity index (χ3n) is 8.43. The second-order valence-electron chi connectivity index (χ2n) is 12.7. The number of hydrogen-bond donors (Lipinski definition) is 2. The van der Waals surface area contributed by atoms with Crippen molar-refractivity contribution in [2.24, 2.45) is 5.10 Å². The number of thioether (sulfide) groups is 1. The number of halogens is 4. The predicted octanol–water partition coefficient (Wildman–Crippen LogP) is 11.7. The highest BCUT2D eigenvalue weighted by Crippen LogP contribution is 2.41. The summed E-state index contributed by atoms with van der Waals surface area (Å²) in [7, 11) is 0. The molecule has 1 aliphatic rings. The molecule has 0 bridgehead atoms. The summed E-state index contributed by atoms with van der Waals surface area (Å²) in [6, 6.07) is 14.0. The maximum atomic E-state index is 14.3. The first kappa shape index (κ1) is 40.8. The molecular formula is C39H44Cl4N4O3S. The van der Waals surface area contributed by atoms with Gasteiger partial charge < -0.3 is 10.6 Å². The molecule has 1 unspecified atom stereocenters. The minimum atomic E-state index is -0.948. The Morgan fingerprint density at radius 3 is 2.16 bits per heavy atom. The Kier molecular flexibility index (Phi) is 15.8. The lowest BCUT2D eigenvalue weighted by Gasteiger charge is -2.18. The number of aryl methyl sites for hydroxylation is 2. The number of rotatable bonds is 17. The Balaban J connectivity index is 1.70. The minimum absolute atomic E-state index is 0.0813. The highest BCUT2D eigenvalue weighted by Gasteiger charge is 2.41. The minimum Gasteiger partial charge on any atom is -0.322 e. The third-order valence-corrected chi connectivity index (χ3v) is 10.8. The van der Waals surface area contributed by atoms with Crippen LogP contribution in [0, 0.1) is 0 Å². The second kappa shape index (κ2) is 19.7. The van der Waals surface area contributed by atoms with Crippen LogP contribution in [0.25, 0.3) is 0 Å². The van der Waals surface area contributed by atoms with E-state index in [0.717, 1.165) is 60.4 Å². The molecule has 4 rings (SSSR count). The number of hydrogen-bond acceptors (Lipinski definition) is 5. The number of benzene rings is 3. The van der Waals surface area contributed by atoms with Crippen LogP contribution in [-0.2, 0) is 22.4 Å². The third kappa shape index (κ3) is 11.2. The molecule has 7 nitrogen and oxygen atoms in total. The van der Waals surface area contributed by atoms with Gasteiger partial charge in [0.15, 0.2) is 11.1 Å². The average Bonchev–Trinajstić information content (AvgIpc) is 3.37. The molecule has 1 aliphatic heterocycles. The molecule has 51 heavy (non-hydrogen) atoms. The summed E-state index contributed by atoms with van der Waals surface area (Å²) in [5.74, 6) is -1.35. The number of amides is 3. The van der Waals surface area contributed by atoms with Crippen molar-refractivity contribution in [1.29, 1.82) is 0 Å². The zero-order valence-electron chi connectivity index (χ0n) is 29.2. The van der Waals surface area contributed by atoms with Gasteiger partial charge >= 0.3 is 0 Å². The van der Waals surface area contributed by atoms with Crippen molar-refractivity contribution in [2.75, 3.05) is 10.3 Å². The molecule has 0 fully saturated rings. The van der Waals surface area contributed by atoms with Crippen LogP contribution in [0.4, 0.5) is 11.4 Å². The molecule has 3 amide bonds. The van der Waals surface area contributed by atoms with E-state index in [-0.39, 0.29) is 32.2 Å². The Bertz CT molecular complexity index is 1770. The number of anilines is 2. The molecule has 1 atom stereocenters. The quantitative estimate of drug-likeness (QED) is 0.105. The van der Waals surface area contributed by atoms with Gasteiger partial charge in [0, 0.05) is 21.2 Å². The second-order valence-corrected chi connectivity index (χ2v) is 15.5. The van der Waals surface area contributed by atoms with Gasteiger partial charge in [0.2, 0.25) is 0 Å². The van der Waals surface area contributed by atoms with E-state index in [2.05, 4.69) is 54.4 Å². The van der Waals surface area contributed by atoms with Crippen LogP contribution in [-0.4, -0.2) is 28.8 Å². The summed E-state index contributed by atoms with van der Waals surface area (Å²) in [4.78, 5) is 41.4. The van der Waals surface area contributed by atoms with Gasteiger partial charge in [-0.15, -0.1) is 16.9 Å². The van der Waals surface area contributed by atoms with Gasteiger partial charge in [-0.25, -0.2) is 0 Å². The lowest BCUT2D eigenvalue weighted by atomic mass is 10.0. The maximum Gasteiger partial charge on any atom is 0.268 e. The SMILES string of the molecule is C=C(C)C(=O)Nc1ccc(Cl)c(C(=O)NC2=NN(c3c(Cl)cc(Cl)cc3Cl)C(=O)C2Sc2cc(CCCCC)ccc2CCCCCCCC)c1. The molecule has 2 N–H and O–H groups in total. The number of carbonyl (C=O) groups is 3. The van der Waals surface area contributed by atoms with Crippen molar-refractivity contribution in [1.82, 2.24) is 5.32 Å². The largest absolute Gasteiger partial charge is 0.322 e. The summed E-state index contributed by atoms with van der Waals surface area (Å²) in [6.45, 7) is 9.63. The van der Waals surface area contributed by atoms with Gasteiger partial charge in [-0.05, 0) is 80.1 Å². The van der Waals surface area contributed by atoms with Crippen molar-refractivity contribution in [2.45, 2.75) is 102 Å². The number of unbranched alkanes of at least 4 members (excludes halogenated alkanes) is 7. The first-order chi connectivity index (χ1) is 24.4. The first-order valence-corrected chi connectivity index (χ1v) is 19.8. The molecular weight excluding hydrogens is 746 g/mol. The van der Waals surface area contributed by atoms with Crippen LogP contribution < -0.4 is 15.6 Å². The zero-order valence-corrected chi connectivity index (χ0v) is 33.1.